The van der Waals surface area contributed by atoms with Crippen molar-refractivity contribution in [2.24, 2.45) is 0 Å². The summed E-state index contributed by atoms with van der Waals surface area (Å²) in [5, 5.41) is 9.06. The molecular weight excluding hydrogens is 282 g/mol. The molecule has 2 rings (SSSR count). The van der Waals surface area contributed by atoms with Gasteiger partial charge in [-0.05, 0) is 24.3 Å². The number of nitrogens with zero attached hydrogens (tertiary/aromatic N) is 2. The van der Waals surface area contributed by atoms with Crippen LogP contribution in [0.1, 0.15) is 36.2 Å². The van der Waals surface area contributed by atoms with Gasteiger partial charge < -0.3 is 10.1 Å². The maximum absolute atomic E-state index is 12.0. The van der Waals surface area contributed by atoms with Crippen molar-refractivity contribution in [3.8, 4) is 5.75 Å². The van der Waals surface area contributed by atoms with E-state index >= 15 is 0 Å². The summed E-state index contributed by atoms with van der Waals surface area (Å²) in [7, 11) is 0. The second-order valence-electron chi connectivity index (χ2n) is 4.56. The molecule has 0 unspecified atom stereocenters. The minimum absolute atomic E-state index is 0.0167. The molecule has 8 heteroatoms. The fraction of sp³-hybridized carbons (Fsp3) is 0.308. The highest BCUT2D eigenvalue weighted by Crippen LogP contribution is 2.18. The highest BCUT2D eigenvalue weighted by atomic mass is 19.3. The molecule has 6 nitrogen and oxygen atoms in total. The molecule has 0 bridgehead atoms. The molecule has 1 aromatic heterocycles. The van der Waals surface area contributed by atoms with Crippen molar-refractivity contribution in [3.05, 3.63) is 35.9 Å². The third-order valence-corrected chi connectivity index (χ3v) is 2.59. The number of aromatic amines is 1. The fourth-order valence-corrected chi connectivity index (χ4v) is 1.54. The Bertz CT molecular complexity index is 611. The summed E-state index contributed by atoms with van der Waals surface area (Å²) in [6.45, 7) is 0.960. The van der Waals surface area contributed by atoms with Crippen molar-refractivity contribution in [1.29, 1.82) is 0 Å². The van der Waals surface area contributed by atoms with Gasteiger partial charge in [-0.2, -0.15) is 8.78 Å². The molecule has 2 N–H and O–H groups in total. The number of benzene rings is 1. The molecule has 1 heterocycles. The van der Waals surface area contributed by atoms with Gasteiger partial charge in [-0.15, -0.1) is 5.10 Å². The number of carbonyl (C=O) groups excluding carboxylic acids is 1. The highest BCUT2D eigenvalue weighted by Gasteiger charge is 2.14. The summed E-state index contributed by atoms with van der Waals surface area (Å²) in [5.74, 6) is 0.293. The Morgan fingerprint density at radius 2 is 1.95 bits per heavy atom. The van der Waals surface area contributed by atoms with E-state index in [1.807, 2.05) is 13.8 Å². The number of halogens is 2. The van der Waals surface area contributed by atoms with Crippen LogP contribution in [0.4, 0.5) is 14.5 Å². The number of hydrogen-bond donors (Lipinski definition) is 2. The second-order valence-corrected chi connectivity index (χ2v) is 4.56. The predicted octanol–water partition coefficient (Wildman–Crippen LogP) is 2.78. The van der Waals surface area contributed by atoms with E-state index in [0.29, 0.717) is 11.5 Å². The Labute approximate surface area is 119 Å². The van der Waals surface area contributed by atoms with Gasteiger partial charge in [-0.3, -0.25) is 9.89 Å². The fourth-order valence-electron chi connectivity index (χ4n) is 1.54. The number of amides is 1. The van der Waals surface area contributed by atoms with Gasteiger partial charge in [0.2, 0.25) is 5.82 Å². The topological polar surface area (TPSA) is 79.9 Å². The molecule has 0 saturated carbocycles. The Hall–Kier alpha value is -2.51. The van der Waals surface area contributed by atoms with Gasteiger partial charge in [0.25, 0.3) is 5.91 Å². The number of ether oxygens (including phenoxy) is 1. The third kappa shape index (κ3) is 3.98. The molecule has 1 amide bonds. The van der Waals surface area contributed by atoms with Crippen LogP contribution in [0.2, 0.25) is 0 Å². The summed E-state index contributed by atoms with van der Waals surface area (Å²) in [4.78, 5) is 16.0. The van der Waals surface area contributed by atoms with Crippen LogP contribution in [0.15, 0.2) is 24.3 Å². The van der Waals surface area contributed by atoms with E-state index in [4.69, 9.17) is 0 Å². The van der Waals surface area contributed by atoms with Crippen LogP contribution >= 0.6 is 0 Å². The number of anilines is 1. The molecule has 112 valence electrons. The molecule has 0 aliphatic heterocycles. The summed E-state index contributed by atoms with van der Waals surface area (Å²) in [6, 6.07) is 5.57. The SMILES string of the molecule is CC(C)c1nc(C(=O)Nc2ccc(OC(F)F)cc2)n[nH]1. The van der Waals surface area contributed by atoms with E-state index in [1.165, 1.54) is 24.3 Å². The Morgan fingerprint density at radius 1 is 1.29 bits per heavy atom. The van der Waals surface area contributed by atoms with Crippen LogP contribution in [0.3, 0.4) is 0 Å². The van der Waals surface area contributed by atoms with Crippen molar-refractivity contribution >= 4 is 11.6 Å². The van der Waals surface area contributed by atoms with Crippen LogP contribution < -0.4 is 10.1 Å². The molecule has 0 aliphatic carbocycles. The summed E-state index contributed by atoms with van der Waals surface area (Å²) in [5.41, 5.74) is 0.428. The monoisotopic (exact) mass is 296 g/mol. The summed E-state index contributed by atoms with van der Waals surface area (Å²) >= 11 is 0. The quantitative estimate of drug-likeness (QED) is 0.889. The zero-order valence-corrected chi connectivity index (χ0v) is 11.4. The van der Waals surface area contributed by atoms with Crippen molar-refractivity contribution in [1.82, 2.24) is 15.2 Å². The molecule has 0 spiro atoms. The smallest absolute Gasteiger partial charge is 0.387 e. The van der Waals surface area contributed by atoms with Gasteiger partial charge in [-0.25, -0.2) is 4.98 Å². The Balaban J connectivity index is 2.01. The van der Waals surface area contributed by atoms with E-state index < -0.39 is 12.5 Å². The first-order valence-electron chi connectivity index (χ1n) is 6.24. The van der Waals surface area contributed by atoms with Crippen molar-refractivity contribution in [2.45, 2.75) is 26.4 Å². The first kappa shape index (κ1) is 14.9. The molecule has 0 radical (unpaired) electrons. The van der Waals surface area contributed by atoms with Crippen LogP contribution in [0.25, 0.3) is 0 Å². The van der Waals surface area contributed by atoms with E-state index in [0.717, 1.165) is 0 Å². The number of nitrogens with one attached hydrogen (secondary N) is 2. The first-order valence-corrected chi connectivity index (χ1v) is 6.24. The number of alkyl halides is 2. The van der Waals surface area contributed by atoms with Crippen molar-refractivity contribution in [3.63, 3.8) is 0 Å². The van der Waals surface area contributed by atoms with E-state index in [-0.39, 0.29) is 17.5 Å². The molecule has 1 aromatic carbocycles. The van der Waals surface area contributed by atoms with Gasteiger partial charge >= 0.3 is 6.61 Å². The minimum Gasteiger partial charge on any atom is -0.435 e. The van der Waals surface area contributed by atoms with E-state index in [2.05, 4.69) is 25.2 Å². The minimum atomic E-state index is -2.88. The number of carbonyl (C=O) groups is 1. The lowest BCUT2D eigenvalue weighted by Gasteiger charge is -2.06. The average molecular weight is 296 g/mol. The lowest BCUT2D eigenvalue weighted by atomic mass is 10.2. The van der Waals surface area contributed by atoms with Crippen molar-refractivity contribution < 1.29 is 18.3 Å². The zero-order chi connectivity index (χ0) is 15.4. The zero-order valence-electron chi connectivity index (χ0n) is 11.4. The lowest BCUT2D eigenvalue weighted by molar-refractivity contribution is -0.0498. The molecule has 0 saturated heterocycles. The van der Waals surface area contributed by atoms with Crippen LogP contribution in [0.5, 0.6) is 5.75 Å². The van der Waals surface area contributed by atoms with Gasteiger partial charge in [0, 0.05) is 11.6 Å². The first-order chi connectivity index (χ1) is 9.95. The second kappa shape index (κ2) is 6.29. The molecule has 21 heavy (non-hydrogen) atoms. The van der Waals surface area contributed by atoms with Gasteiger partial charge in [0.1, 0.15) is 11.6 Å². The molecule has 0 atom stereocenters. The highest BCUT2D eigenvalue weighted by molar-refractivity contribution is 6.01. The number of aromatic nitrogens is 3. The largest absolute Gasteiger partial charge is 0.435 e. The standard InChI is InChI=1S/C13H14F2N4O2/c1-7(2)10-17-11(19-18-10)12(20)16-8-3-5-9(6-4-8)21-13(14)15/h3-7,13H,1-2H3,(H,16,20)(H,17,18,19). The van der Waals surface area contributed by atoms with Gasteiger partial charge in [-0.1, -0.05) is 13.8 Å². The lowest BCUT2D eigenvalue weighted by Crippen LogP contribution is -2.14. The Morgan fingerprint density at radius 3 is 2.48 bits per heavy atom. The van der Waals surface area contributed by atoms with E-state index in [9.17, 15) is 13.6 Å². The number of H-pyrrole nitrogens is 1. The van der Waals surface area contributed by atoms with E-state index in [1.54, 1.807) is 0 Å². The molecular formula is C13H14F2N4O2. The van der Waals surface area contributed by atoms with Crippen LogP contribution in [0, 0.1) is 0 Å². The summed E-state index contributed by atoms with van der Waals surface area (Å²) < 4.78 is 28.2. The van der Waals surface area contributed by atoms with Crippen LogP contribution in [-0.4, -0.2) is 27.7 Å². The molecule has 0 aliphatic rings. The molecule has 0 fully saturated rings. The third-order valence-electron chi connectivity index (χ3n) is 2.59. The normalized spacial score (nSPS) is 11.0. The number of rotatable bonds is 5. The maximum atomic E-state index is 12.0. The summed E-state index contributed by atoms with van der Waals surface area (Å²) in [6.07, 6.45) is 0. The van der Waals surface area contributed by atoms with Crippen LogP contribution in [-0.2, 0) is 0 Å². The Kier molecular flexibility index (Phi) is 4.46. The van der Waals surface area contributed by atoms with Gasteiger partial charge in [0.15, 0.2) is 0 Å². The maximum Gasteiger partial charge on any atom is 0.387 e. The molecule has 2 aromatic rings. The predicted molar refractivity (Wildman–Crippen MR) is 71.5 cm³/mol. The average Bonchev–Trinajstić information content (AvgIpc) is 2.90. The number of hydrogen-bond acceptors (Lipinski definition) is 4. The van der Waals surface area contributed by atoms with Crippen molar-refractivity contribution in [2.75, 3.05) is 5.32 Å². The van der Waals surface area contributed by atoms with Gasteiger partial charge in [0.05, 0.1) is 0 Å².